The highest BCUT2D eigenvalue weighted by Crippen LogP contribution is 2.25. The van der Waals surface area contributed by atoms with Crippen molar-refractivity contribution in [2.24, 2.45) is 0 Å². The van der Waals surface area contributed by atoms with Crippen molar-refractivity contribution < 1.29 is 8.42 Å². The Morgan fingerprint density at radius 1 is 1.05 bits per heavy atom. The van der Waals surface area contributed by atoms with E-state index in [0.717, 1.165) is 5.56 Å². The van der Waals surface area contributed by atoms with Crippen molar-refractivity contribution in [2.75, 3.05) is 4.72 Å². The van der Waals surface area contributed by atoms with E-state index in [1.54, 1.807) is 24.3 Å². The Labute approximate surface area is 120 Å². The fourth-order valence-corrected chi connectivity index (χ4v) is 3.29. The van der Waals surface area contributed by atoms with Gasteiger partial charge in [0.25, 0.3) is 0 Å². The van der Waals surface area contributed by atoms with Crippen LogP contribution < -0.4 is 4.72 Å². The largest absolute Gasteiger partial charge is 0.283 e. The summed E-state index contributed by atoms with van der Waals surface area (Å²) in [4.78, 5) is 0. The van der Waals surface area contributed by atoms with E-state index >= 15 is 0 Å². The average molecular weight is 287 g/mol. The molecule has 3 nitrogen and oxygen atoms in total. The molecule has 0 spiro atoms. The number of rotatable bonds is 5. The monoisotopic (exact) mass is 287 g/mol. The third kappa shape index (κ3) is 3.27. The molecule has 0 aliphatic carbocycles. The van der Waals surface area contributed by atoms with E-state index < -0.39 is 15.3 Å². The van der Waals surface area contributed by atoms with E-state index in [9.17, 15) is 8.42 Å². The lowest BCUT2D eigenvalue weighted by Gasteiger charge is -2.16. The Bertz CT molecular complexity index is 676. The van der Waals surface area contributed by atoms with Crippen LogP contribution in [0.25, 0.3) is 0 Å². The number of benzene rings is 2. The molecule has 0 saturated heterocycles. The minimum Gasteiger partial charge on any atom is -0.283 e. The van der Waals surface area contributed by atoms with Crippen LogP contribution in [0.3, 0.4) is 0 Å². The minimum absolute atomic E-state index is 0.554. The van der Waals surface area contributed by atoms with E-state index in [-0.39, 0.29) is 0 Å². The van der Waals surface area contributed by atoms with Gasteiger partial charge in [-0.25, -0.2) is 8.42 Å². The van der Waals surface area contributed by atoms with Gasteiger partial charge in [0.1, 0.15) is 5.25 Å². The van der Waals surface area contributed by atoms with Crippen molar-refractivity contribution in [2.45, 2.75) is 12.2 Å². The maximum atomic E-state index is 12.4. The molecular formula is C16H17NO2S. The van der Waals surface area contributed by atoms with Gasteiger partial charge in [-0.2, -0.15) is 0 Å². The van der Waals surface area contributed by atoms with E-state index in [2.05, 4.69) is 11.3 Å². The lowest BCUT2D eigenvalue weighted by atomic mass is 10.1. The summed E-state index contributed by atoms with van der Waals surface area (Å²) in [5, 5.41) is -0.773. The molecule has 0 bridgehead atoms. The smallest absolute Gasteiger partial charge is 0.243 e. The van der Waals surface area contributed by atoms with Crippen molar-refractivity contribution in [3.8, 4) is 0 Å². The van der Waals surface area contributed by atoms with Gasteiger partial charge in [-0.1, -0.05) is 54.1 Å². The second kappa shape index (κ2) is 5.92. The van der Waals surface area contributed by atoms with Crippen LogP contribution >= 0.6 is 0 Å². The number of hydrogen-bond donors (Lipinski definition) is 1. The first-order valence-corrected chi connectivity index (χ1v) is 7.83. The molecule has 0 aliphatic heterocycles. The van der Waals surface area contributed by atoms with Crippen molar-refractivity contribution in [1.82, 2.24) is 0 Å². The first-order chi connectivity index (χ1) is 9.53. The normalized spacial score (nSPS) is 12.7. The minimum atomic E-state index is -3.56. The van der Waals surface area contributed by atoms with Gasteiger partial charge in [-0.05, 0) is 24.6 Å². The molecule has 1 N–H and O–H groups in total. The number of sulfonamides is 1. The van der Waals surface area contributed by atoms with Crippen molar-refractivity contribution in [1.29, 1.82) is 0 Å². The lowest BCUT2D eigenvalue weighted by Crippen LogP contribution is -2.19. The van der Waals surface area contributed by atoms with Gasteiger partial charge < -0.3 is 0 Å². The number of aryl methyl sites for hydroxylation is 1. The molecule has 0 aliphatic rings. The predicted molar refractivity (Wildman–Crippen MR) is 83.1 cm³/mol. The van der Waals surface area contributed by atoms with Gasteiger partial charge in [0, 0.05) is 5.69 Å². The third-order valence-corrected chi connectivity index (χ3v) is 4.64. The van der Waals surface area contributed by atoms with Crippen molar-refractivity contribution >= 4 is 15.7 Å². The number of nitrogens with one attached hydrogen (secondary N) is 1. The number of anilines is 1. The van der Waals surface area contributed by atoms with Crippen LogP contribution in [0.5, 0.6) is 0 Å². The summed E-state index contributed by atoms with van der Waals surface area (Å²) in [5.41, 5.74) is 2.33. The number of hydrogen-bond acceptors (Lipinski definition) is 2. The molecule has 0 amide bonds. The standard InChI is InChI=1S/C16H17NO2S/c1-3-16(14-7-5-4-6-8-14)20(18,19)17-15-11-9-13(2)10-12-15/h3-12,16-17H,1H2,2H3. The van der Waals surface area contributed by atoms with Crippen LogP contribution in [-0.2, 0) is 10.0 Å². The van der Waals surface area contributed by atoms with Crippen LogP contribution in [0.2, 0.25) is 0 Å². The lowest BCUT2D eigenvalue weighted by molar-refractivity contribution is 0.595. The predicted octanol–water partition coefficient (Wildman–Crippen LogP) is 3.66. The van der Waals surface area contributed by atoms with Gasteiger partial charge in [0.15, 0.2) is 0 Å². The molecule has 2 rings (SSSR count). The average Bonchev–Trinajstić information content (AvgIpc) is 2.43. The zero-order chi connectivity index (χ0) is 14.6. The Morgan fingerprint density at radius 2 is 1.65 bits per heavy atom. The second-order valence-electron chi connectivity index (χ2n) is 4.58. The van der Waals surface area contributed by atoms with E-state index in [4.69, 9.17) is 0 Å². The molecule has 2 aromatic rings. The summed E-state index contributed by atoms with van der Waals surface area (Å²) in [5.74, 6) is 0. The zero-order valence-electron chi connectivity index (χ0n) is 11.3. The maximum Gasteiger partial charge on any atom is 0.243 e. The van der Waals surface area contributed by atoms with Gasteiger partial charge >= 0.3 is 0 Å². The van der Waals surface area contributed by atoms with Crippen LogP contribution in [-0.4, -0.2) is 8.42 Å². The quantitative estimate of drug-likeness (QED) is 0.853. The Kier molecular flexibility index (Phi) is 4.25. The molecule has 0 saturated carbocycles. The Balaban J connectivity index is 2.29. The molecule has 2 aromatic carbocycles. The fraction of sp³-hybridized carbons (Fsp3) is 0.125. The maximum absolute atomic E-state index is 12.4. The Hall–Kier alpha value is -2.07. The van der Waals surface area contributed by atoms with Gasteiger partial charge in [0.2, 0.25) is 10.0 Å². The molecule has 1 atom stereocenters. The van der Waals surface area contributed by atoms with Crippen LogP contribution in [0.4, 0.5) is 5.69 Å². The Morgan fingerprint density at radius 3 is 2.20 bits per heavy atom. The molecule has 1 unspecified atom stereocenters. The fourth-order valence-electron chi connectivity index (χ4n) is 1.93. The summed E-state index contributed by atoms with van der Waals surface area (Å²) >= 11 is 0. The third-order valence-electron chi connectivity index (χ3n) is 2.99. The molecule has 104 valence electrons. The molecule has 20 heavy (non-hydrogen) atoms. The summed E-state index contributed by atoms with van der Waals surface area (Å²) in [6.07, 6.45) is 1.44. The summed E-state index contributed by atoms with van der Waals surface area (Å²) in [6, 6.07) is 16.3. The molecule has 0 heterocycles. The van der Waals surface area contributed by atoms with Crippen LogP contribution in [0, 0.1) is 6.92 Å². The van der Waals surface area contributed by atoms with Crippen molar-refractivity contribution in [3.63, 3.8) is 0 Å². The molecule has 4 heteroatoms. The highest BCUT2D eigenvalue weighted by molar-refractivity contribution is 7.93. The summed E-state index contributed by atoms with van der Waals surface area (Å²) in [6.45, 7) is 5.59. The highest BCUT2D eigenvalue weighted by atomic mass is 32.2. The molecule has 0 aromatic heterocycles. The van der Waals surface area contributed by atoms with Gasteiger partial charge in [-0.3, -0.25) is 4.72 Å². The SMILES string of the molecule is C=CC(c1ccccc1)S(=O)(=O)Nc1ccc(C)cc1. The molecule has 0 radical (unpaired) electrons. The highest BCUT2D eigenvalue weighted by Gasteiger charge is 2.23. The van der Waals surface area contributed by atoms with E-state index in [1.165, 1.54) is 6.08 Å². The summed E-state index contributed by atoms with van der Waals surface area (Å²) < 4.78 is 27.5. The first-order valence-electron chi connectivity index (χ1n) is 6.29. The second-order valence-corrected chi connectivity index (χ2v) is 6.38. The van der Waals surface area contributed by atoms with Crippen molar-refractivity contribution in [3.05, 3.63) is 78.4 Å². The van der Waals surface area contributed by atoms with Crippen LogP contribution in [0.1, 0.15) is 16.4 Å². The summed E-state index contributed by atoms with van der Waals surface area (Å²) in [7, 11) is -3.56. The first kappa shape index (κ1) is 14.3. The van der Waals surface area contributed by atoms with Gasteiger partial charge in [0.05, 0.1) is 0 Å². The zero-order valence-corrected chi connectivity index (χ0v) is 12.1. The topological polar surface area (TPSA) is 46.2 Å². The van der Waals surface area contributed by atoms with E-state index in [1.807, 2.05) is 37.3 Å². The molecule has 0 fully saturated rings. The van der Waals surface area contributed by atoms with Gasteiger partial charge in [-0.15, -0.1) is 6.58 Å². The van der Waals surface area contributed by atoms with E-state index in [0.29, 0.717) is 11.3 Å². The molecular weight excluding hydrogens is 270 g/mol. The van der Waals surface area contributed by atoms with Crippen LogP contribution in [0.15, 0.2) is 67.3 Å².